The molecule has 2 aromatic heterocycles. The number of anilines is 1. The number of hydrogen-bond donors (Lipinski definition) is 2. The molecule has 112 valence electrons. The van der Waals surface area contributed by atoms with E-state index in [-0.39, 0.29) is 11.8 Å². The van der Waals surface area contributed by atoms with Crippen LogP contribution in [-0.2, 0) is 11.3 Å². The first-order valence-electron chi connectivity index (χ1n) is 7.37. The molecule has 1 fully saturated rings. The number of carbonyl (C=O) groups excluding carboxylic acids is 1. The summed E-state index contributed by atoms with van der Waals surface area (Å²) in [6, 6.07) is 5.92. The number of carbonyl (C=O) groups is 1. The minimum absolute atomic E-state index is 0.0270. The van der Waals surface area contributed by atoms with Crippen LogP contribution in [0.25, 0.3) is 5.65 Å². The number of fused-ring (bicyclic) bond motifs is 1. The minimum Gasteiger partial charge on any atom is -0.359 e. The van der Waals surface area contributed by atoms with Crippen LogP contribution in [0.4, 0.5) is 5.82 Å². The van der Waals surface area contributed by atoms with Crippen LogP contribution in [0.2, 0.25) is 0 Å². The second-order valence-corrected chi connectivity index (χ2v) is 5.41. The fourth-order valence-electron chi connectivity index (χ4n) is 3.06. The van der Waals surface area contributed by atoms with Gasteiger partial charge in [0.05, 0.1) is 11.6 Å². The van der Waals surface area contributed by atoms with Crippen LogP contribution in [0.3, 0.4) is 0 Å². The van der Waals surface area contributed by atoms with Crippen molar-refractivity contribution in [3.8, 4) is 0 Å². The van der Waals surface area contributed by atoms with Gasteiger partial charge in [0.1, 0.15) is 5.65 Å². The zero-order valence-electron chi connectivity index (χ0n) is 12.2. The molecule has 0 spiro atoms. The van der Waals surface area contributed by atoms with Crippen LogP contribution in [0.15, 0.2) is 24.4 Å². The summed E-state index contributed by atoms with van der Waals surface area (Å²) in [6.45, 7) is 2.06. The summed E-state index contributed by atoms with van der Waals surface area (Å²) in [5.74, 6) is 1.05. The van der Waals surface area contributed by atoms with Gasteiger partial charge in [-0.2, -0.15) is 0 Å². The summed E-state index contributed by atoms with van der Waals surface area (Å²) in [6.07, 6.45) is 3.91. The quantitative estimate of drug-likeness (QED) is 0.873. The molecule has 0 radical (unpaired) electrons. The zero-order chi connectivity index (χ0) is 14.8. The van der Waals surface area contributed by atoms with Gasteiger partial charge in [0.15, 0.2) is 5.82 Å². The fourth-order valence-corrected chi connectivity index (χ4v) is 3.06. The van der Waals surface area contributed by atoms with Gasteiger partial charge in [-0.05, 0) is 25.0 Å². The van der Waals surface area contributed by atoms with Gasteiger partial charge in [-0.15, -0.1) is 0 Å². The number of aromatic nitrogens is 2. The molecule has 0 aliphatic carbocycles. The Morgan fingerprint density at radius 2 is 2.38 bits per heavy atom. The summed E-state index contributed by atoms with van der Waals surface area (Å²) in [5, 5.41) is 2.75. The van der Waals surface area contributed by atoms with Crippen molar-refractivity contribution in [1.29, 1.82) is 0 Å². The number of amides is 1. The van der Waals surface area contributed by atoms with E-state index >= 15 is 0 Å². The molecule has 3 N–H and O–H groups in total. The van der Waals surface area contributed by atoms with E-state index in [0.717, 1.165) is 36.5 Å². The first-order valence-corrected chi connectivity index (χ1v) is 7.37. The third-order valence-electron chi connectivity index (χ3n) is 4.14. The summed E-state index contributed by atoms with van der Waals surface area (Å²) in [4.78, 5) is 18.8. The highest BCUT2D eigenvalue weighted by Crippen LogP contribution is 2.26. The predicted octanol–water partition coefficient (Wildman–Crippen LogP) is 0.755. The van der Waals surface area contributed by atoms with Gasteiger partial charge in [-0.1, -0.05) is 6.07 Å². The topological polar surface area (TPSA) is 75.7 Å². The average Bonchev–Trinajstić information content (AvgIpc) is 2.92. The number of nitrogens with zero attached hydrogens (tertiary/aromatic N) is 3. The molecule has 0 bridgehead atoms. The van der Waals surface area contributed by atoms with Crippen LogP contribution in [0.1, 0.15) is 18.5 Å². The molecule has 1 amide bonds. The molecule has 0 saturated carbocycles. The van der Waals surface area contributed by atoms with Gasteiger partial charge >= 0.3 is 0 Å². The number of nitrogens with one attached hydrogen (secondary N) is 1. The zero-order valence-corrected chi connectivity index (χ0v) is 12.2. The van der Waals surface area contributed by atoms with E-state index < -0.39 is 0 Å². The third kappa shape index (κ3) is 2.47. The highest BCUT2D eigenvalue weighted by atomic mass is 16.1. The van der Waals surface area contributed by atoms with Gasteiger partial charge in [0, 0.05) is 32.9 Å². The van der Waals surface area contributed by atoms with Crippen LogP contribution >= 0.6 is 0 Å². The summed E-state index contributed by atoms with van der Waals surface area (Å²) in [5.41, 5.74) is 7.82. The lowest BCUT2D eigenvalue weighted by atomic mass is 9.97. The Hall–Kier alpha value is -2.08. The largest absolute Gasteiger partial charge is 0.359 e. The van der Waals surface area contributed by atoms with Crippen molar-refractivity contribution in [2.75, 3.05) is 25.0 Å². The normalized spacial score (nSPS) is 19.0. The Morgan fingerprint density at radius 3 is 3.14 bits per heavy atom. The number of imidazole rings is 1. The van der Waals surface area contributed by atoms with Gasteiger partial charge in [0.2, 0.25) is 5.91 Å². The third-order valence-corrected chi connectivity index (χ3v) is 4.14. The van der Waals surface area contributed by atoms with Crippen LogP contribution in [-0.4, -0.2) is 35.4 Å². The lowest BCUT2D eigenvalue weighted by molar-refractivity contribution is -0.124. The average molecular weight is 287 g/mol. The minimum atomic E-state index is 0.0270. The number of pyridine rings is 1. The molecule has 1 aliphatic heterocycles. The molecule has 21 heavy (non-hydrogen) atoms. The molecule has 2 aromatic rings. The molecular weight excluding hydrogens is 266 g/mol. The van der Waals surface area contributed by atoms with Crippen molar-refractivity contribution < 1.29 is 4.79 Å². The Labute approximate surface area is 123 Å². The van der Waals surface area contributed by atoms with E-state index in [0.29, 0.717) is 13.1 Å². The van der Waals surface area contributed by atoms with E-state index in [4.69, 9.17) is 10.7 Å². The van der Waals surface area contributed by atoms with Crippen molar-refractivity contribution in [3.05, 3.63) is 30.1 Å². The summed E-state index contributed by atoms with van der Waals surface area (Å²) in [7, 11) is 1.69. The first kappa shape index (κ1) is 13.9. The molecule has 1 atom stereocenters. The van der Waals surface area contributed by atoms with E-state index in [2.05, 4.69) is 10.2 Å². The highest BCUT2D eigenvalue weighted by Gasteiger charge is 2.28. The molecule has 6 heteroatoms. The standard InChI is InChI=1S/C15H21N5O/c1-17-15(21)11-5-4-7-19(10-11)14-12(9-16)20-8-3-2-6-13(20)18-14/h2-3,6,8,11H,4-5,7,9-10,16H2,1H3,(H,17,21). The molecular formula is C15H21N5O. The number of hydrogen-bond acceptors (Lipinski definition) is 4. The van der Waals surface area contributed by atoms with Crippen LogP contribution in [0, 0.1) is 5.92 Å². The number of rotatable bonds is 3. The maximum absolute atomic E-state index is 11.9. The van der Waals surface area contributed by atoms with Crippen molar-refractivity contribution in [3.63, 3.8) is 0 Å². The van der Waals surface area contributed by atoms with Crippen molar-refractivity contribution in [2.24, 2.45) is 11.7 Å². The maximum Gasteiger partial charge on any atom is 0.224 e. The molecule has 3 heterocycles. The SMILES string of the molecule is CNC(=O)C1CCCN(c2nc3ccccn3c2CN)C1. The highest BCUT2D eigenvalue weighted by molar-refractivity contribution is 5.79. The predicted molar refractivity (Wildman–Crippen MR) is 82.1 cm³/mol. The molecule has 1 saturated heterocycles. The van der Waals surface area contributed by atoms with Crippen molar-refractivity contribution in [2.45, 2.75) is 19.4 Å². The van der Waals surface area contributed by atoms with E-state index in [9.17, 15) is 4.79 Å². The monoisotopic (exact) mass is 287 g/mol. The smallest absolute Gasteiger partial charge is 0.224 e. The molecule has 6 nitrogen and oxygen atoms in total. The molecule has 3 rings (SSSR count). The fraction of sp³-hybridized carbons (Fsp3) is 0.467. The second-order valence-electron chi connectivity index (χ2n) is 5.41. The van der Waals surface area contributed by atoms with Crippen LogP contribution in [0.5, 0.6) is 0 Å². The lowest BCUT2D eigenvalue weighted by Crippen LogP contribution is -2.42. The van der Waals surface area contributed by atoms with Gasteiger partial charge < -0.3 is 20.4 Å². The van der Waals surface area contributed by atoms with Gasteiger partial charge in [0.25, 0.3) is 0 Å². The van der Waals surface area contributed by atoms with Crippen LogP contribution < -0.4 is 16.0 Å². The van der Waals surface area contributed by atoms with Crippen molar-refractivity contribution in [1.82, 2.24) is 14.7 Å². The molecule has 1 unspecified atom stereocenters. The molecule has 1 aliphatic rings. The Bertz CT molecular complexity index is 651. The molecule has 0 aromatic carbocycles. The summed E-state index contributed by atoms with van der Waals surface area (Å²) >= 11 is 0. The Kier molecular flexibility index (Phi) is 3.79. The van der Waals surface area contributed by atoms with Gasteiger partial charge in [-0.25, -0.2) is 4.98 Å². The Morgan fingerprint density at radius 1 is 1.52 bits per heavy atom. The number of piperidine rings is 1. The lowest BCUT2D eigenvalue weighted by Gasteiger charge is -2.32. The second kappa shape index (κ2) is 5.73. The number of nitrogens with two attached hydrogens (primary N) is 1. The summed E-state index contributed by atoms with van der Waals surface area (Å²) < 4.78 is 2.03. The maximum atomic E-state index is 11.9. The van der Waals surface area contributed by atoms with E-state index in [1.54, 1.807) is 7.05 Å². The van der Waals surface area contributed by atoms with Gasteiger partial charge in [-0.3, -0.25) is 4.79 Å². The Balaban J connectivity index is 1.94. The first-order chi connectivity index (χ1) is 10.2. The van der Waals surface area contributed by atoms with E-state index in [1.165, 1.54) is 0 Å². The van der Waals surface area contributed by atoms with E-state index in [1.807, 2.05) is 28.8 Å². The van der Waals surface area contributed by atoms with Crippen molar-refractivity contribution >= 4 is 17.4 Å².